The van der Waals surface area contributed by atoms with Crippen LogP contribution in [0.25, 0.3) is 11.3 Å². The fourth-order valence-corrected chi connectivity index (χ4v) is 2.13. The molecule has 1 aromatic carbocycles. The van der Waals surface area contributed by atoms with Crippen LogP contribution < -0.4 is 0 Å². The molecule has 0 bridgehead atoms. The Morgan fingerprint density at radius 3 is 2.00 bits per heavy atom. The fraction of sp³-hybridized carbons (Fsp3) is 0.421. The number of hydrogen-bond acceptors (Lipinski definition) is 1. The largest absolute Gasteiger partial charge is 0.305 e. The van der Waals surface area contributed by atoms with Gasteiger partial charge in [-0.05, 0) is 28.2 Å². The summed E-state index contributed by atoms with van der Waals surface area (Å²) in [6, 6.07) is 13.9. The van der Waals surface area contributed by atoms with Crippen molar-refractivity contribution in [3.63, 3.8) is 0 Å². The Kier molecular flexibility index (Phi) is 5.56. The zero-order chi connectivity index (χ0) is 15.0. The third kappa shape index (κ3) is 4.51. The van der Waals surface area contributed by atoms with Crippen LogP contribution in [0.1, 0.15) is 52.7 Å². The standard InChI is InChI=1S/C19H24N.Pt/c1-18(2,3)15-9-7-8-14(12-15)17-13-16(10-11-20-17)19(4,5)6;/h7,9-13H,1-6H3;/q-1;. The second-order valence-electron chi connectivity index (χ2n) is 7.42. The van der Waals surface area contributed by atoms with E-state index in [0.29, 0.717) is 0 Å². The molecule has 0 spiro atoms. The maximum Gasteiger partial charge on any atom is 0.0163 e. The van der Waals surface area contributed by atoms with Crippen LogP contribution >= 0.6 is 0 Å². The van der Waals surface area contributed by atoms with E-state index in [1.165, 1.54) is 11.1 Å². The van der Waals surface area contributed by atoms with Crippen molar-refractivity contribution < 1.29 is 21.1 Å². The van der Waals surface area contributed by atoms with Crippen LogP contribution in [0.4, 0.5) is 0 Å². The molecule has 1 nitrogen and oxygen atoms in total. The van der Waals surface area contributed by atoms with Crippen molar-refractivity contribution in [2.75, 3.05) is 0 Å². The first kappa shape index (κ1) is 18.1. The molecule has 0 radical (unpaired) electrons. The van der Waals surface area contributed by atoms with E-state index in [4.69, 9.17) is 0 Å². The van der Waals surface area contributed by atoms with Crippen LogP contribution in [0.3, 0.4) is 0 Å². The van der Waals surface area contributed by atoms with Gasteiger partial charge in [0.1, 0.15) is 0 Å². The first-order valence-electron chi connectivity index (χ1n) is 7.17. The molecule has 0 N–H and O–H groups in total. The molecular weight excluding hydrogens is 437 g/mol. The van der Waals surface area contributed by atoms with Gasteiger partial charge in [0.2, 0.25) is 0 Å². The van der Waals surface area contributed by atoms with Gasteiger partial charge in [-0.25, -0.2) is 0 Å². The molecule has 0 amide bonds. The summed E-state index contributed by atoms with van der Waals surface area (Å²) in [5.41, 5.74) is 4.98. The zero-order valence-corrected chi connectivity index (χ0v) is 16.0. The van der Waals surface area contributed by atoms with Gasteiger partial charge in [0.25, 0.3) is 0 Å². The SMILES string of the molecule is CC(C)(C)c1cc[c-]c(-c2cc(C(C)(C)C)ccn2)c1.[Pt]. The number of benzene rings is 1. The maximum absolute atomic E-state index is 4.52. The Labute approximate surface area is 143 Å². The Morgan fingerprint density at radius 1 is 0.857 bits per heavy atom. The van der Waals surface area contributed by atoms with Crippen molar-refractivity contribution in [1.29, 1.82) is 0 Å². The number of hydrogen-bond donors (Lipinski definition) is 0. The van der Waals surface area contributed by atoms with Gasteiger partial charge in [-0.2, -0.15) is 0 Å². The van der Waals surface area contributed by atoms with E-state index in [0.717, 1.165) is 11.3 Å². The average molecular weight is 461 g/mol. The van der Waals surface area contributed by atoms with Crippen LogP contribution in [0.15, 0.2) is 36.5 Å². The van der Waals surface area contributed by atoms with Gasteiger partial charge in [0, 0.05) is 27.3 Å². The van der Waals surface area contributed by atoms with E-state index >= 15 is 0 Å². The molecule has 0 saturated heterocycles. The maximum atomic E-state index is 4.52. The Bertz CT molecular complexity index is 548. The van der Waals surface area contributed by atoms with Crippen LogP contribution in [0.5, 0.6) is 0 Å². The molecule has 2 rings (SSSR count). The minimum Gasteiger partial charge on any atom is -0.305 e. The molecule has 1 heterocycles. The number of rotatable bonds is 1. The quantitative estimate of drug-likeness (QED) is 0.536. The minimum atomic E-state index is 0. The summed E-state index contributed by atoms with van der Waals surface area (Å²) in [4.78, 5) is 4.52. The molecular formula is C19H24NPt-. The van der Waals surface area contributed by atoms with Crippen LogP contribution in [0, 0.1) is 6.07 Å². The van der Waals surface area contributed by atoms with Crippen LogP contribution in [0.2, 0.25) is 0 Å². The topological polar surface area (TPSA) is 12.9 Å². The molecule has 0 unspecified atom stereocenters. The van der Waals surface area contributed by atoms with E-state index in [9.17, 15) is 0 Å². The molecule has 0 atom stereocenters. The van der Waals surface area contributed by atoms with Gasteiger partial charge in [-0.3, -0.25) is 0 Å². The summed E-state index contributed by atoms with van der Waals surface area (Å²) in [5.74, 6) is 0. The van der Waals surface area contributed by atoms with E-state index < -0.39 is 0 Å². The van der Waals surface area contributed by atoms with Gasteiger partial charge < -0.3 is 4.98 Å². The summed E-state index contributed by atoms with van der Waals surface area (Å²) in [5, 5.41) is 0. The first-order valence-corrected chi connectivity index (χ1v) is 7.17. The van der Waals surface area contributed by atoms with Crippen LogP contribution in [-0.4, -0.2) is 4.98 Å². The average Bonchev–Trinajstić information content (AvgIpc) is 2.37. The number of nitrogens with zero attached hydrogens (tertiary/aromatic N) is 1. The summed E-state index contributed by atoms with van der Waals surface area (Å²) >= 11 is 0. The zero-order valence-electron chi connectivity index (χ0n) is 13.7. The van der Waals surface area contributed by atoms with E-state index in [-0.39, 0.29) is 31.9 Å². The van der Waals surface area contributed by atoms with Gasteiger partial charge in [0.15, 0.2) is 0 Å². The number of pyridine rings is 1. The molecule has 1 aromatic heterocycles. The number of aromatic nitrogens is 1. The Morgan fingerprint density at radius 2 is 1.43 bits per heavy atom. The molecule has 0 aliphatic carbocycles. The molecule has 2 aromatic rings. The molecule has 0 aliphatic heterocycles. The fourth-order valence-electron chi connectivity index (χ4n) is 2.13. The predicted octanol–water partition coefficient (Wildman–Crippen LogP) is 5.14. The third-order valence-electron chi connectivity index (χ3n) is 3.57. The monoisotopic (exact) mass is 461 g/mol. The van der Waals surface area contributed by atoms with E-state index in [1.807, 2.05) is 12.3 Å². The van der Waals surface area contributed by atoms with Crippen molar-refractivity contribution in [3.8, 4) is 11.3 Å². The van der Waals surface area contributed by atoms with Gasteiger partial charge in [0.05, 0.1) is 0 Å². The smallest absolute Gasteiger partial charge is 0.0163 e. The van der Waals surface area contributed by atoms with Crippen molar-refractivity contribution in [1.82, 2.24) is 4.98 Å². The molecule has 116 valence electrons. The summed E-state index contributed by atoms with van der Waals surface area (Å²) < 4.78 is 0. The molecule has 2 heteroatoms. The minimum absolute atomic E-state index is 0. The molecule has 0 aliphatic rings. The normalized spacial score (nSPS) is 11.9. The predicted molar refractivity (Wildman–Crippen MR) is 85.9 cm³/mol. The Hall–Kier alpha value is -0.942. The van der Waals surface area contributed by atoms with Gasteiger partial charge in [-0.1, -0.05) is 47.6 Å². The first-order chi connectivity index (χ1) is 9.18. The summed E-state index contributed by atoms with van der Waals surface area (Å²) in [7, 11) is 0. The van der Waals surface area contributed by atoms with Crippen molar-refractivity contribution >= 4 is 0 Å². The van der Waals surface area contributed by atoms with Crippen LogP contribution in [-0.2, 0) is 31.9 Å². The molecule has 0 fully saturated rings. The summed E-state index contributed by atoms with van der Waals surface area (Å²) in [6.45, 7) is 13.4. The van der Waals surface area contributed by atoms with Crippen molar-refractivity contribution in [2.24, 2.45) is 0 Å². The second-order valence-corrected chi connectivity index (χ2v) is 7.42. The summed E-state index contributed by atoms with van der Waals surface area (Å²) in [6.07, 6.45) is 1.90. The van der Waals surface area contributed by atoms with Gasteiger partial charge >= 0.3 is 0 Å². The van der Waals surface area contributed by atoms with E-state index in [2.05, 4.69) is 76.9 Å². The Balaban J connectivity index is 0.00000220. The van der Waals surface area contributed by atoms with Crippen molar-refractivity contribution in [3.05, 3.63) is 53.7 Å². The molecule has 21 heavy (non-hydrogen) atoms. The van der Waals surface area contributed by atoms with Gasteiger partial charge in [-0.15, -0.1) is 35.4 Å². The van der Waals surface area contributed by atoms with Crippen molar-refractivity contribution in [2.45, 2.75) is 52.4 Å². The second kappa shape index (κ2) is 6.44. The molecule has 0 saturated carbocycles. The third-order valence-corrected chi connectivity index (χ3v) is 3.57. The van der Waals surface area contributed by atoms with E-state index in [1.54, 1.807) is 0 Å².